The lowest BCUT2D eigenvalue weighted by atomic mass is 10.1. The first kappa shape index (κ1) is 17.5. The van der Waals surface area contributed by atoms with Crippen molar-refractivity contribution >= 4 is 17.5 Å². The third kappa shape index (κ3) is 5.06. The molecule has 1 aliphatic rings. The Morgan fingerprint density at radius 1 is 1.35 bits per heavy atom. The lowest BCUT2D eigenvalue weighted by molar-refractivity contribution is -0.123. The molecule has 3 atom stereocenters. The lowest BCUT2D eigenvalue weighted by Crippen LogP contribution is -2.26. The van der Waals surface area contributed by atoms with Crippen molar-refractivity contribution in [1.82, 2.24) is 5.32 Å². The van der Waals surface area contributed by atoms with Crippen LogP contribution in [0.2, 0.25) is 0 Å². The van der Waals surface area contributed by atoms with E-state index < -0.39 is 0 Å². The van der Waals surface area contributed by atoms with E-state index >= 15 is 0 Å². The van der Waals surface area contributed by atoms with Crippen LogP contribution in [-0.2, 0) is 20.9 Å². The number of carbonyl (C=O) groups is 2. The number of carbonyl (C=O) groups excluding carboxylic acids is 2. The van der Waals surface area contributed by atoms with Crippen LogP contribution >= 0.6 is 0 Å². The van der Waals surface area contributed by atoms with Crippen molar-refractivity contribution in [3.05, 3.63) is 29.8 Å². The molecule has 0 aromatic heterocycles. The molecular formula is C18H26N2O3. The molecule has 5 heteroatoms. The molecule has 1 saturated carbocycles. The molecule has 23 heavy (non-hydrogen) atoms. The zero-order valence-electron chi connectivity index (χ0n) is 14.1. The van der Waals surface area contributed by atoms with Gasteiger partial charge in [0, 0.05) is 24.8 Å². The van der Waals surface area contributed by atoms with Crippen LogP contribution in [0.1, 0.15) is 39.2 Å². The highest BCUT2D eigenvalue weighted by atomic mass is 16.5. The van der Waals surface area contributed by atoms with E-state index in [1.54, 1.807) is 0 Å². The van der Waals surface area contributed by atoms with Crippen LogP contribution in [-0.4, -0.2) is 24.5 Å². The molecular weight excluding hydrogens is 292 g/mol. The van der Waals surface area contributed by atoms with Gasteiger partial charge < -0.3 is 15.4 Å². The van der Waals surface area contributed by atoms with Gasteiger partial charge in [-0.3, -0.25) is 9.59 Å². The zero-order valence-corrected chi connectivity index (χ0v) is 14.1. The third-order valence-corrected chi connectivity index (χ3v) is 4.17. The zero-order chi connectivity index (χ0) is 16.8. The number of amides is 2. The second-order valence-corrected chi connectivity index (χ2v) is 6.05. The van der Waals surface area contributed by atoms with Crippen LogP contribution in [0, 0.1) is 11.8 Å². The van der Waals surface area contributed by atoms with E-state index in [0.29, 0.717) is 13.2 Å². The number of hydrogen-bond acceptors (Lipinski definition) is 3. The summed E-state index contributed by atoms with van der Waals surface area (Å²) in [6.07, 6.45) is 1.70. The topological polar surface area (TPSA) is 67.4 Å². The van der Waals surface area contributed by atoms with Gasteiger partial charge in [-0.15, -0.1) is 0 Å². The van der Waals surface area contributed by atoms with Crippen molar-refractivity contribution in [2.45, 2.75) is 46.3 Å². The van der Waals surface area contributed by atoms with Crippen LogP contribution in [0.3, 0.4) is 0 Å². The van der Waals surface area contributed by atoms with Crippen molar-refractivity contribution in [2.75, 3.05) is 11.9 Å². The minimum atomic E-state index is -0.0109. The van der Waals surface area contributed by atoms with E-state index in [4.69, 9.17) is 4.74 Å². The van der Waals surface area contributed by atoms with Crippen LogP contribution in [0.4, 0.5) is 5.69 Å². The van der Waals surface area contributed by atoms with Gasteiger partial charge in [0.15, 0.2) is 0 Å². The summed E-state index contributed by atoms with van der Waals surface area (Å²) in [5.41, 5.74) is 1.73. The summed E-state index contributed by atoms with van der Waals surface area (Å²) in [5.74, 6) is 0.0377. The molecule has 2 N–H and O–H groups in total. The van der Waals surface area contributed by atoms with Gasteiger partial charge in [-0.1, -0.05) is 26.0 Å². The maximum atomic E-state index is 12.0. The maximum absolute atomic E-state index is 12.0. The minimum Gasteiger partial charge on any atom is -0.378 e. The molecule has 1 aromatic rings. The molecule has 3 unspecified atom stereocenters. The third-order valence-electron chi connectivity index (χ3n) is 4.17. The lowest BCUT2D eigenvalue weighted by Gasteiger charge is -2.11. The Hall–Kier alpha value is -1.88. The first-order valence-electron chi connectivity index (χ1n) is 8.34. The fraction of sp³-hybridized carbons (Fsp3) is 0.556. The van der Waals surface area contributed by atoms with Crippen LogP contribution in [0.25, 0.3) is 0 Å². The van der Waals surface area contributed by atoms with E-state index in [-0.39, 0.29) is 29.8 Å². The molecule has 0 heterocycles. The number of hydrogen-bond donors (Lipinski definition) is 2. The van der Waals surface area contributed by atoms with Gasteiger partial charge in [0.2, 0.25) is 11.8 Å². The molecule has 0 radical (unpaired) electrons. The van der Waals surface area contributed by atoms with Crippen LogP contribution in [0.5, 0.6) is 0 Å². The summed E-state index contributed by atoms with van der Waals surface area (Å²) in [6, 6.07) is 7.57. The Bertz CT molecular complexity index is 559. The van der Waals surface area contributed by atoms with E-state index in [1.165, 1.54) is 0 Å². The molecule has 2 rings (SSSR count). The molecule has 0 spiro atoms. The molecule has 5 nitrogen and oxygen atoms in total. The maximum Gasteiger partial charge on any atom is 0.227 e. The molecule has 0 aliphatic heterocycles. The predicted octanol–water partition coefficient (Wildman–Crippen LogP) is 2.71. The second-order valence-electron chi connectivity index (χ2n) is 6.05. The predicted molar refractivity (Wildman–Crippen MR) is 89.9 cm³/mol. The number of benzene rings is 1. The SMILES string of the molecule is CCOC1CC1C(=O)NCc1cccc(NC(=O)C(C)CC)c1. The number of ether oxygens (including phenoxy) is 1. The van der Waals surface area contributed by atoms with Crippen LogP contribution in [0.15, 0.2) is 24.3 Å². The molecule has 126 valence electrons. The monoisotopic (exact) mass is 318 g/mol. The van der Waals surface area contributed by atoms with Crippen molar-refractivity contribution < 1.29 is 14.3 Å². The van der Waals surface area contributed by atoms with Crippen molar-refractivity contribution in [3.63, 3.8) is 0 Å². The highest BCUT2D eigenvalue weighted by Crippen LogP contribution is 2.33. The van der Waals surface area contributed by atoms with E-state index in [0.717, 1.165) is 24.1 Å². The highest BCUT2D eigenvalue weighted by Gasteiger charge is 2.43. The van der Waals surface area contributed by atoms with E-state index in [9.17, 15) is 9.59 Å². The van der Waals surface area contributed by atoms with Gasteiger partial charge in [0.05, 0.1) is 12.0 Å². The minimum absolute atomic E-state index is 0.0104. The summed E-state index contributed by atoms with van der Waals surface area (Å²) in [5, 5.41) is 5.84. The summed E-state index contributed by atoms with van der Waals surface area (Å²) in [6.45, 7) is 6.94. The Labute approximate surface area is 137 Å². The van der Waals surface area contributed by atoms with Gasteiger partial charge >= 0.3 is 0 Å². The summed E-state index contributed by atoms with van der Waals surface area (Å²) < 4.78 is 5.43. The first-order chi connectivity index (χ1) is 11.0. The van der Waals surface area contributed by atoms with E-state index in [1.807, 2.05) is 45.0 Å². The Balaban J connectivity index is 1.83. The largest absolute Gasteiger partial charge is 0.378 e. The Morgan fingerprint density at radius 3 is 2.83 bits per heavy atom. The quantitative estimate of drug-likeness (QED) is 0.774. The Morgan fingerprint density at radius 2 is 2.13 bits per heavy atom. The summed E-state index contributed by atoms with van der Waals surface area (Å²) >= 11 is 0. The molecule has 1 aliphatic carbocycles. The van der Waals surface area contributed by atoms with Crippen LogP contribution < -0.4 is 10.6 Å². The van der Waals surface area contributed by atoms with Crippen molar-refractivity contribution in [3.8, 4) is 0 Å². The highest BCUT2D eigenvalue weighted by molar-refractivity contribution is 5.92. The average Bonchev–Trinajstić information content (AvgIpc) is 3.32. The molecule has 0 saturated heterocycles. The molecule has 2 amide bonds. The fourth-order valence-corrected chi connectivity index (χ4v) is 2.38. The van der Waals surface area contributed by atoms with Gasteiger partial charge in [-0.25, -0.2) is 0 Å². The van der Waals surface area contributed by atoms with Gasteiger partial charge in [0.1, 0.15) is 0 Å². The summed E-state index contributed by atoms with van der Waals surface area (Å²) in [7, 11) is 0. The fourth-order valence-electron chi connectivity index (χ4n) is 2.38. The van der Waals surface area contributed by atoms with Gasteiger partial charge in [-0.05, 0) is 37.5 Å². The smallest absolute Gasteiger partial charge is 0.227 e. The van der Waals surface area contributed by atoms with E-state index in [2.05, 4.69) is 10.6 Å². The normalized spacial score (nSPS) is 20.7. The van der Waals surface area contributed by atoms with Crippen molar-refractivity contribution in [1.29, 1.82) is 0 Å². The summed E-state index contributed by atoms with van der Waals surface area (Å²) in [4.78, 5) is 23.9. The number of rotatable bonds is 8. The number of anilines is 1. The molecule has 1 fully saturated rings. The Kier molecular flexibility index (Phi) is 6.16. The molecule has 1 aromatic carbocycles. The first-order valence-corrected chi connectivity index (χ1v) is 8.34. The van der Waals surface area contributed by atoms with Gasteiger partial charge in [-0.2, -0.15) is 0 Å². The molecule has 0 bridgehead atoms. The van der Waals surface area contributed by atoms with Gasteiger partial charge in [0.25, 0.3) is 0 Å². The average molecular weight is 318 g/mol. The number of nitrogens with one attached hydrogen (secondary N) is 2. The standard InChI is InChI=1S/C18H26N2O3/c1-4-12(3)17(21)20-14-8-6-7-13(9-14)11-19-18(22)15-10-16(15)23-5-2/h6-9,12,15-16H,4-5,10-11H2,1-3H3,(H,19,22)(H,20,21). The van der Waals surface area contributed by atoms with Crippen molar-refractivity contribution in [2.24, 2.45) is 11.8 Å². The second kappa shape index (κ2) is 8.11.